The predicted octanol–water partition coefficient (Wildman–Crippen LogP) is 3.59. The van der Waals surface area contributed by atoms with Crippen LogP contribution >= 0.6 is 0 Å². The van der Waals surface area contributed by atoms with Crippen LogP contribution in [0.25, 0.3) is 22.0 Å². The second-order valence-corrected chi connectivity index (χ2v) is 10.9. The lowest BCUT2D eigenvalue weighted by atomic mass is 10.0. The van der Waals surface area contributed by atoms with E-state index in [1.165, 1.54) is 13.3 Å². The van der Waals surface area contributed by atoms with Gasteiger partial charge in [-0.25, -0.2) is 22.8 Å². The van der Waals surface area contributed by atoms with Crippen molar-refractivity contribution in [1.82, 2.24) is 19.4 Å². The molecule has 1 amide bonds. The van der Waals surface area contributed by atoms with Gasteiger partial charge in [-0.1, -0.05) is 6.07 Å². The molecule has 1 fully saturated rings. The number of carbonyl (C=O) groups is 1. The Morgan fingerprint density at radius 1 is 1.05 bits per heavy atom. The zero-order valence-electron chi connectivity index (χ0n) is 21.3. The Morgan fingerprint density at radius 3 is 2.44 bits per heavy atom. The zero-order valence-corrected chi connectivity index (χ0v) is 22.1. The van der Waals surface area contributed by atoms with Crippen molar-refractivity contribution in [3.8, 4) is 17.0 Å². The summed E-state index contributed by atoms with van der Waals surface area (Å²) in [5, 5.41) is 0.410. The molecule has 0 bridgehead atoms. The fourth-order valence-corrected chi connectivity index (χ4v) is 5.75. The maximum atomic E-state index is 13.5. The molecule has 0 spiro atoms. The summed E-state index contributed by atoms with van der Waals surface area (Å²) < 4.78 is 48.4. The number of methoxy groups -OCH3 is 1. The number of likely N-dealkylation sites (tertiary alicyclic amines) is 1. The van der Waals surface area contributed by atoms with Crippen molar-refractivity contribution in [1.29, 1.82) is 0 Å². The van der Waals surface area contributed by atoms with Crippen LogP contribution in [-0.4, -0.2) is 54.0 Å². The third kappa shape index (κ3) is 5.32. The fraction of sp³-hybridized carbons (Fsp3) is 0.259. The molecule has 0 saturated carbocycles. The van der Waals surface area contributed by atoms with Crippen LogP contribution in [0.1, 0.15) is 25.8 Å². The van der Waals surface area contributed by atoms with Crippen molar-refractivity contribution in [2.75, 3.05) is 24.9 Å². The molecule has 0 atom stereocenters. The van der Waals surface area contributed by atoms with Gasteiger partial charge < -0.3 is 9.64 Å². The second kappa shape index (κ2) is 10.4. The quantitative estimate of drug-likeness (QED) is 0.388. The van der Waals surface area contributed by atoms with Crippen molar-refractivity contribution in [3.05, 3.63) is 77.2 Å². The number of sulfonamides is 1. The normalized spacial score (nSPS) is 14.4. The van der Waals surface area contributed by atoms with Crippen molar-refractivity contribution >= 4 is 32.5 Å². The van der Waals surface area contributed by atoms with E-state index in [0.717, 1.165) is 24.3 Å². The molecule has 1 aliphatic rings. The Bertz CT molecular complexity index is 1720. The van der Waals surface area contributed by atoms with E-state index in [1.54, 1.807) is 47.0 Å². The average Bonchev–Trinajstić information content (AvgIpc) is 2.93. The third-order valence-electron chi connectivity index (χ3n) is 6.83. The Kier molecular flexibility index (Phi) is 7.04. The van der Waals surface area contributed by atoms with Crippen molar-refractivity contribution in [3.63, 3.8) is 0 Å². The minimum atomic E-state index is -4.05. The Hall–Kier alpha value is -4.32. The first kappa shape index (κ1) is 26.3. The van der Waals surface area contributed by atoms with Gasteiger partial charge in [0, 0.05) is 37.8 Å². The van der Waals surface area contributed by atoms with Crippen molar-refractivity contribution in [2.45, 2.75) is 30.7 Å². The van der Waals surface area contributed by atoms with Gasteiger partial charge in [0.2, 0.25) is 11.8 Å². The molecule has 0 aliphatic carbocycles. The lowest BCUT2D eigenvalue weighted by molar-refractivity contribution is -0.130. The number of nitrogens with one attached hydrogen (secondary N) is 1. The summed E-state index contributed by atoms with van der Waals surface area (Å²) in [7, 11) is -2.69. The van der Waals surface area contributed by atoms with E-state index >= 15 is 0 Å². The van der Waals surface area contributed by atoms with E-state index in [2.05, 4.69) is 14.7 Å². The number of nitrogens with zero attached hydrogens (tertiary/aromatic N) is 4. The number of rotatable bonds is 6. The number of pyridine rings is 1. The minimum absolute atomic E-state index is 0.0227. The number of fused-ring (bicyclic) bond motifs is 1. The highest BCUT2D eigenvalue weighted by Gasteiger charge is 2.24. The Balaban J connectivity index is 1.48. The maximum absolute atomic E-state index is 13.5. The van der Waals surface area contributed by atoms with Gasteiger partial charge in [-0.3, -0.25) is 18.9 Å². The number of ether oxygens (including phenoxy) is 1. The number of halogens is 1. The molecule has 2 aromatic carbocycles. The monoisotopic (exact) mass is 551 g/mol. The van der Waals surface area contributed by atoms with E-state index in [9.17, 15) is 22.4 Å². The zero-order chi connectivity index (χ0) is 27.7. The molecule has 1 N–H and O–H groups in total. The first-order valence-electron chi connectivity index (χ1n) is 12.3. The Morgan fingerprint density at radius 2 is 1.77 bits per heavy atom. The number of piperidine rings is 1. The number of hydrogen-bond acceptors (Lipinski definition) is 7. The van der Waals surface area contributed by atoms with Gasteiger partial charge in [-0.15, -0.1) is 0 Å². The number of hydrogen-bond donors (Lipinski definition) is 1. The van der Waals surface area contributed by atoms with Crippen LogP contribution in [0.4, 0.5) is 10.1 Å². The lowest BCUT2D eigenvalue weighted by Gasteiger charge is -2.32. The van der Waals surface area contributed by atoms with Gasteiger partial charge in [0.15, 0.2) is 0 Å². The molecule has 10 nitrogen and oxygen atoms in total. The van der Waals surface area contributed by atoms with Crippen LogP contribution in [0.2, 0.25) is 0 Å². The number of benzene rings is 2. The highest BCUT2D eigenvalue weighted by atomic mass is 32.2. The van der Waals surface area contributed by atoms with E-state index in [0.29, 0.717) is 48.0 Å². The van der Waals surface area contributed by atoms with E-state index in [-0.39, 0.29) is 34.0 Å². The molecule has 2 aromatic heterocycles. The van der Waals surface area contributed by atoms with Crippen LogP contribution in [0.15, 0.2) is 70.7 Å². The summed E-state index contributed by atoms with van der Waals surface area (Å²) in [5.74, 6) is -0.484. The third-order valence-corrected chi connectivity index (χ3v) is 8.21. The molecule has 12 heteroatoms. The summed E-state index contributed by atoms with van der Waals surface area (Å²) in [6.45, 7) is 2.70. The number of carbonyl (C=O) groups excluding carboxylic acids is 1. The average molecular weight is 552 g/mol. The van der Waals surface area contributed by atoms with Crippen LogP contribution < -0.4 is 15.0 Å². The van der Waals surface area contributed by atoms with Gasteiger partial charge in [0.1, 0.15) is 11.5 Å². The minimum Gasteiger partial charge on any atom is -0.480 e. The van der Waals surface area contributed by atoms with Gasteiger partial charge >= 0.3 is 0 Å². The molecular weight excluding hydrogens is 525 g/mol. The topological polar surface area (TPSA) is 123 Å². The van der Waals surface area contributed by atoms with Crippen molar-refractivity contribution < 1.29 is 22.3 Å². The number of aromatic nitrogens is 3. The molecule has 202 valence electrons. The second-order valence-electron chi connectivity index (χ2n) is 9.27. The molecule has 1 saturated heterocycles. The smallest absolute Gasteiger partial charge is 0.262 e. The molecular formula is C27H26FN5O5S. The molecule has 1 aliphatic heterocycles. The van der Waals surface area contributed by atoms with Crippen LogP contribution in [0, 0.1) is 5.82 Å². The molecule has 4 aromatic rings. The highest BCUT2D eigenvalue weighted by Crippen LogP contribution is 2.31. The number of amides is 1. The van der Waals surface area contributed by atoms with Crippen LogP contribution in [-0.2, 0) is 14.8 Å². The molecule has 39 heavy (non-hydrogen) atoms. The van der Waals surface area contributed by atoms with E-state index in [4.69, 9.17) is 4.74 Å². The lowest BCUT2D eigenvalue weighted by Crippen LogP contribution is -2.39. The highest BCUT2D eigenvalue weighted by molar-refractivity contribution is 7.92. The van der Waals surface area contributed by atoms with Crippen LogP contribution in [0.3, 0.4) is 0 Å². The first-order valence-corrected chi connectivity index (χ1v) is 13.7. The molecule has 5 rings (SSSR count). The SMILES string of the molecule is COc1ncc(-c2ccc3ncn(C4CCN(C(C)=O)CC4)c(=O)c3c2)cc1NS(=O)(=O)c1ccc(F)cc1. The van der Waals surface area contributed by atoms with Crippen LogP contribution in [0.5, 0.6) is 5.88 Å². The van der Waals surface area contributed by atoms with Crippen molar-refractivity contribution in [2.24, 2.45) is 0 Å². The number of anilines is 1. The fourth-order valence-electron chi connectivity index (χ4n) is 4.70. The van der Waals surface area contributed by atoms with Gasteiger partial charge in [0.05, 0.1) is 29.2 Å². The summed E-state index contributed by atoms with van der Waals surface area (Å²) in [4.78, 5) is 35.5. The largest absolute Gasteiger partial charge is 0.480 e. The van der Waals surface area contributed by atoms with Gasteiger partial charge in [-0.2, -0.15) is 0 Å². The summed E-state index contributed by atoms with van der Waals surface area (Å²) in [6, 6.07) is 11.1. The van der Waals surface area contributed by atoms with E-state index in [1.807, 2.05) is 0 Å². The summed E-state index contributed by atoms with van der Waals surface area (Å²) >= 11 is 0. The Labute approximate surface area is 224 Å². The summed E-state index contributed by atoms with van der Waals surface area (Å²) in [5.41, 5.74) is 1.59. The molecule has 0 unspecified atom stereocenters. The predicted molar refractivity (Wildman–Crippen MR) is 144 cm³/mol. The summed E-state index contributed by atoms with van der Waals surface area (Å²) in [6.07, 6.45) is 4.39. The van der Waals surface area contributed by atoms with E-state index < -0.39 is 15.8 Å². The van der Waals surface area contributed by atoms with Gasteiger partial charge in [-0.05, 0) is 60.9 Å². The standard InChI is InChI=1S/C27H26FN5O5S/c1-17(34)32-11-9-21(10-12-32)33-16-30-24-8-3-18(13-23(24)27(33)35)19-14-25(26(38-2)29-15-19)31-39(36,37)22-6-4-20(28)5-7-22/h3-8,13-16,21,31H,9-12H2,1-2H3. The molecule has 3 heterocycles. The maximum Gasteiger partial charge on any atom is 0.262 e. The molecule has 0 radical (unpaired) electrons. The van der Waals surface area contributed by atoms with Gasteiger partial charge in [0.25, 0.3) is 15.6 Å². The first-order chi connectivity index (χ1) is 18.7.